The number of carbonyl (C=O) groups is 1. The van der Waals surface area contributed by atoms with Crippen LogP contribution < -0.4 is 0 Å². The smallest absolute Gasteiger partial charge is 0.181 e. The summed E-state index contributed by atoms with van der Waals surface area (Å²) >= 11 is 1.42. The Labute approximate surface area is 103 Å². The van der Waals surface area contributed by atoms with Crippen LogP contribution in [-0.2, 0) is 4.79 Å². The number of H-pyrrole nitrogens is 1. The molecule has 0 saturated heterocycles. The van der Waals surface area contributed by atoms with Gasteiger partial charge < -0.3 is 4.98 Å². The summed E-state index contributed by atoms with van der Waals surface area (Å²) in [4.78, 5) is 27.0. The first kappa shape index (κ1) is 12.0. The highest BCUT2D eigenvalue weighted by Gasteiger charge is 2.21. The number of nitrogens with zero attached hydrogens (tertiary/aromatic N) is 3. The number of Topliss-reactive ketones (excluding diaryl/α,β-unsaturated/α-hetero) is 1. The average molecular weight is 250 g/mol. The van der Waals surface area contributed by atoms with E-state index in [0.29, 0.717) is 11.4 Å². The second-order valence-corrected chi connectivity index (χ2v) is 5.71. The van der Waals surface area contributed by atoms with Crippen LogP contribution in [0.3, 0.4) is 0 Å². The number of hydrogen-bond acceptors (Lipinski definition) is 5. The minimum atomic E-state index is -0.312. The maximum Gasteiger partial charge on any atom is 0.181 e. The molecule has 0 aliphatic heterocycles. The molecule has 0 spiro atoms. The monoisotopic (exact) mass is 250 g/mol. The molecular weight excluding hydrogens is 236 g/mol. The van der Waals surface area contributed by atoms with Crippen LogP contribution >= 0.6 is 11.8 Å². The molecule has 2 rings (SSSR count). The van der Waals surface area contributed by atoms with Crippen LogP contribution in [0.4, 0.5) is 0 Å². The molecule has 2 aromatic heterocycles. The number of rotatable bonds is 3. The number of aromatic amines is 1. The molecule has 0 aliphatic carbocycles. The van der Waals surface area contributed by atoms with E-state index in [9.17, 15) is 4.79 Å². The second-order valence-electron chi connectivity index (χ2n) is 4.74. The molecular formula is C11H14N4OS. The van der Waals surface area contributed by atoms with E-state index in [-0.39, 0.29) is 11.2 Å². The Morgan fingerprint density at radius 1 is 1.35 bits per heavy atom. The number of hydrogen-bond donors (Lipinski definition) is 1. The van der Waals surface area contributed by atoms with Gasteiger partial charge in [-0.05, 0) is 0 Å². The normalized spacial score (nSPS) is 11.9. The summed E-state index contributed by atoms with van der Waals surface area (Å²) in [5, 5.41) is 0.769. The van der Waals surface area contributed by atoms with Gasteiger partial charge in [-0.25, -0.2) is 15.0 Å². The van der Waals surface area contributed by atoms with Crippen LogP contribution in [0.2, 0.25) is 0 Å². The molecule has 2 heterocycles. The van der Waals surface area contributed by atoms with E-state index < -0.39 is 0 Å². The highest BCUT2D eigenvalue weighted by atomic mass is 32.2. The summed E-state index contributed by atoms with van der Waals surface area (Å²) in [6, 6.07) is 0. The second kappa shape index (κ2) is 4.44. The molecule has 6 heteroatoms. The van der Waals surface area contributed by atoms with Crippen LogP contribution in [0, 0.1) is 5.41 Å². The lowest BCUT2D eigenvalue weighted by Gasteiger charge is -2.15. The average Bonchev–Trinajstić information content (AvgIpc) is 2.72. The number of fused-ring (bicyclic) bond motifs is 1. The molecule has 0 radical (unpaired) electrons. The highest BCUT2D eigenvalue weighted by molar-refractivity contribution is 8.00. The first-order chi connectivity index (χ1) is 7.98. The highest BCUT2D eigenvalue weighted by Crippen LogP contribution is 2.25. The van der Waals surface area contributed by atoms with Gasteiger partial charge in [0.05, 0.1) is 12.1 Å². The fourth-order valence-electron chi connectivity index (χ4n) is 1.20. The van der Waals surface area contributed by atoms with Gasteiger partial charge in [-0.3, -0.25) is 4.79 Å². The van der Waals surface area contributed by atoms with Crippen molar-refractivity contribution >= 4 is 28.7 Å². The predicted molar refractivity (Wildman–Crippen MR) is 66.9 cm³/mol. The van der Waals surface area contributed by atoms with Crippen molar-refractivity contribution in [2.75, 3.05) is 5.75 Å². The van der Waals surface area contributed by atoms with Gasteiger partial charge in [0, 0.05) is 5.41 Å². The number of nitrogens with one attached hydrogen (secondary N) is 1. The van der Waals surface area contributed by atoms with Crippen molar-refractivity contribution in [2.24, 2.45) is 5.41 Å². The number of thioether (sulfide) groups is 1. The van der Waals surface area contributed by atoms with E-state index in [1.165, 1.54) is 18.1 Å². The van der Waals surface area contributed by atoms with Crippen LogP contribution in [0.1, 0.15) is 20.8 Å². The lowest BCUT2D eigenvalue weighted by molar-refractivity contribution is -0.123. The third-order valence-corrected chi connectivity index (χ3v) is 3.35. The van der Waals surface area contributed by atoms with E-state index in [2.05, 4.69) is 19.9 Å². The molecule has 0 aromatic carbocycles. The third-order valence-electron chi connectivity index (χ3n) is 2.36. The van der Waals surface area contributed by atoms with E-state index in [0.717, 1.165) is 10.5 Å². The Morgan fingerprint density at radius 2 is 2.12 bits per heavy atom. The fraction of sp³-hybridized carbons (Fsp3) is 0.455. The Balaban J connectivity index is 2.14. The molecule has 2 aromatic rings. The van der Waals surface area contributed by atoms with Crippen LogP contribution in [0.25, 0.3) is 11.2 Å². The van der Waals surface area contributed by atoms with E-state index >= 15 is 0 Å². The van der Waals surface area contributed by atoms with Crippen molar-refractivity contribution in [3.05, 3.63) is 12.7 Å². The molecule has 0 saturated carbocycles. The molecule has 1 N–H and O–H groups in total. The van der Waals surface area contributed by atoms with Gasteiger partial charge in [-0.1, -0.05) is 32.5 Å². The molecule has 0 aliphatic rings. The Kier molecular flexibility index (Phi) is 3.15. The summed E-state index contributed by atoms with van der Waals surface area (Å²) < 4.78 is 0. The minimum Gasteiger partial charge on any atom is -0.341 e. The number of carbonyl (C=O) groups excluding carboxylic acids is 1. The quantitative estimate of drug-likeness (QED) is 0.667. The van der Waals surface area contributed by atoms with Gasteiger partial charge in [-0.2, -0.15) is 0 Å². The van der Waals surface area contributed by atoms with Gasteiger partial charge >= 0.3 is 0 Å². The van der Waals surface area contributed by atoms with E-state index in [1.54, 1.807) is 6.33 Å². The summed E-state index contributed by atoms with van der Waals surface area (Å²) in [6.07, 6.45) is 3.04. The molecule has 17 heavy (non-hydrogen) atoms. The van der Waals surface area contributed by atoms with Gasteiger partial charge in [0.1, 0.15) is 22.7 Å². The maximum atomic E-state index is 11.8. The van der Waals surface area contributed by atoms with Gasteiger partial charge in [-0.15, -0.1) is 0 Å². The third kappa shape index (κ3) is 2.63. The van der Waals surface area contributed by atoms with E-state index in [1.807, 2.05) is 20.8 Å². The molecule has 0 fully saturated rings. The van der Waals surface area contributed by atoms with Gasteiger partial charge in [0.25, 0.3) is 0 Å². The van der Waals surface area contributed by atoms with Crippen molar-refractivity contribution in [3.8, 4) is 0 Å². The molecule has 0 bridgehead atoms. The van der Waals surface area contributed by atoms with Gasteiger partial charge in [0.15, 0.2) is 5.65 Å². The number of imidazole rings is 1. The maximum absolute atomic E-state index is 11.8. The standard InChI is InChI=1S/C11H14N4OS/c1-11(2,3)7(16)4-17-10-8-9(13-5-12-8)14-6-15-10/h5-6H,4H2,1-3H3,(H,12,13,14,15). The largest absolute Gasteiger partial charge is 0.341 e. The van der Waals surface area contributed by atoms with E-state index in [4.69, 9.17) is 0 Å². The molecule has 0 amide bonds. The minimum absolute atomic E-state index is 0.203. The summed E-state index contributed by atoms with van der Waals surface area (Å²) in [5.41, 5.74) is 1.11. The van der Waals surface area contributed by atoms with Crippen molar-refractivity contribution in [1.29, 1.82) is 0 Å². The van der Waals surface area contributed by atoms with Gasteiger partial charge in [0.2, 0.25) is 0 Å². The van der Waals surface area contributed by atoms with Crippen molar-refractivity contribution in [1.82, 2.24) is 19.9 Å². The summed E-state index contributed by atoms with van der Waals surface area (Å²) in [7, 11) is 0. The lowest BCUT2D eigenvalue weighted by Crippen LogP contribution is -2.22. The SMILES string of the molecule is CC(C)(C)C(=O)CSc1ncnc2nc[nH]c12. The Morgan fingerprint density at radius 3 is 2.82 bits per heavy atom. The van der Waals surface area contributed by atoms with Crippen LogP contribution in [-0.4, -0.2) is 31.5 Å². The molecule has 90 valence electrons. The molecule has 5 nitrogen and oxygen atoms in total. The van der Waals surface area contributed by atoms with Crippen molar-refractivity contribution in [2.45, 2.75) is 25.8 Å². The first-order valence-electron chi connectivity index (χ1n) is 5.28. The first-order valence-corrected chi connectivity index (χ1v) is 6.27. The summed E-state index contributed by atoms with van der Waals surface area (Å²) in [6.45, 7) is 5.75. The topological polar surface area (TPSA) is 71.5 Å². The van der Waals surface area contributed by atoms with Crippen LogP contribution in [0.5, 0.6) is 0 Å². The Hall–Kier alpha value is -1.43. The van der Waals surface area contributed by atoms with Crippen molar-refractivity contribution < 1.29 is 4.79 Å². The zero-order valence-electron chi connectivity index (χ0n) is 10.0. The number of aromatic nitrogens is 4. The summed E-state index contributed by atoms with van der Waals surface area (Å²) in [5.74, 6) is 0.614. The zero-order valence-corrected chi connectivity index (χ0v) is 10.8. The fourth-order valence-corrected chi connectivity index (χ4v) is 2.32. The number of ketones is 1. The lowest BCUT2D eigenvalue weighted by atomic mass is 9.92. The zero-order chi connectivity index (χ0) is 12.5. The predicted octanol–water partition coefficient (Wildman–Crippen LogP) is 2.06. The molecule has 0 unspecified atom stereocenters. The molecule has 0 atom stereocenters. The van der Waals surface area contributed by atoms with Crippen molar-refractivity contribution in [3.63, 3.8) is 0 Å². The Bertz CT molecular complexity index is 544. The van der Waals surface area contributed by atoms with Crippen LogP contribution in [0.15, 0.2) is 17.7 Å².